The van der Waals surface area contributed by atoms with Crippen LogP contribution in [0.3, 0.4) is 0 Å². The summed E-state index contributed by atoms with van der Waals surface area (Å²) >= 11 is 0. The highest BCUT2D eigenvalue weighted by molar-refractivity contribution is 7.92. The van der Waals surface area contributed by atoms with Gasteiger partial charge in [0.15, 0.2) is 0 Å². The van der Waals surface area contributed by atoms with Crippen LogP contribution in [0.1, 0.15) is 32.6 Å². The van der Waals surface area contributed by atoms with Gasteiger partial charge in [-0.15, -0.1) is 0 Å². The fourth-order valence-electron chi connectivity index (χ4n) is 2.77. The summed E-state index contributed by atoms with van der Waals surface area (Å²) in [5.41, 5.74) is 0.982. The maximum atomic E-state index is 12.3. The molecule has 2 unspecified atom stereocenters. The van der Waals surface area contributed by atoms with Crippen LogP contribution in [0.2, 0.25) is 0 Å². The van der Waals surface area contributed by atoms with Gasteiger partial charge in [-0.1, -0.05) is 6.42 Å². The van der Waals surface area contributed by atoms with Gasteiger partial charge < -0.3 is 10.4 Å². The largest absolute Gasteiger partial charge is 0.481 e. The van der Waals surface area contributed by atoms with Gasteiger partial charge in [0.2, 0.25) is 15.9 Å². The second kappa shape index (κ2) is 7.65. The number of carbonyl (C=O) groups excluding carboxylic acids is 1. The first-order chi connectivity index (χ1) is 11.3. The Balaban J connectivity index is 1.95. The molecule has 1 fully saturated rings. The first-order valence-corrected chi connectivity index (χ1v) is 9.60. The minimum atomic E-state index is -3.33. The summed E-state index contributed by atoms with van der Waals surface area (Å²) in [6, 6.07) is 6.37. The highest BCUT2D eigenvalue weighted by atomic mass is 32.2. The number of carboxylic acid groups (broad SMARTS) is 1. The molecule has 0 spiro atoms. The molecule has 0 bridgehead atoms. The van der Waals surface area contributed by atoms with Crippen molar-refractivity contribution in [2.24, 2.45) is 11.8 Å². The third-order valence-electron chi connectivity index (χ3n) is 4.20. The molecule has 24 heavy (non-hydrogen) atoms. The number of sulfonamides is 1. The number of hydrogen-bond donors (Lipinski definition) is 3. The molecular formula is C16H22N2O5S. The van der Waals surface area contributed by atoms with Crippen molar-refractivity contribution in [3.63, 3.8) is 0 Å². The summed E-state index contributed by atoms with van der Waals surface area (Å²) in [6.45, 7) is 1.55. The molecule has 0 aromatic heterocycles. The molecule has 7 nitrogen and oxygen atoms in total. The molecule has 0 aliphatic heterocycles. The van der Waals surface area contributed by atoms with Gasteiger partial charge in [-0.2, -0.15) is 0 Å². The minimum Gasteiger partial charge on any atom is -0.481 e. The lowest BCUT2D eigenvalue weighted by atomic mass is 9.81. The van der Waals surface area contributed by atoms with E-state index in [1.54, 1.807) is 31.2 Å². The lowest BCUT2D eigenvalue weighted by Gasteiger charge is -2.25. The first kappa shape index (κ1) is 18.3. The van der Waals surface area contributed by atoms with Crippen molar-refractivity contribution in [3.05, 3.63) is 24.3 Å². The van der Waals surface area contributed by atoms with E-state index in [-0.39, 0.29) is 17.6 Å². The number of carboxylic acids is 1. The highest BCUT2D eigenvalue weighted by Crippen LogP contribution is 2.30. The van der Waals surface area contributed by atoms with Crippen molar-refractivity contribution in [2.75, 3.05) is 15.8 Å². The lowest BCUT2D eigenvalue weighted by Crippen LogP contribution is -2.30. The Morgan fingerprint density at radius 1 is 1.12 bits per heavy atom. The summed E-state index contributed by atoms with van der Waals surface area (Å²) in [4.78, 5) is 23.3. The molecule has 2 rings (SSSR count). The molecule has 1 amide bonds. The Bertz CT molecular complexity index is 700. The third kappa shape index (κ3) is 4.95. The molecular weight excluding hydrogens is 332 g/mol. The van der Waals surface area contributed by atoms with Crippen molar-refractivity contribution in [1.29, 1.82) is 0 Å². The fraction of sp³-hybridized carbons (Fsp3) is 0.500. The molecule has 3 N–H and O–H groups in total. The number of aliphatic carboxylic acids is 1. The Kier molecular flexibility index (Phi) is 5.82. The average molecular weight is 354 g/mol. The van der Waals surface area contributed by atoms with Crippen molar-refractivity contribution < 1.29 is 23.1 Å². The first-order valence-electron chi connectivity index (χ1n) is 7.95. The Morgan fingerprint density at radius 3 is 2.29 bits per heavy atom. The van der Waals surface area contributed by atoms with E-state index in [9.17, 15) is 18.0 Å². The Hall–Kier alpha value is -2.09. The average Bonchev–Trinajstić information content (AvgIpc) is 2.56. The van der Waals surface area contributed by atoms with Gasteiger partial charge in [-0.3, -0.25) is 14.3 Å². The van der Waals surface area contributed by atoms with Crippen LogP contribution in [0, 0.1) is 11.8 Å². The van der Waals surface area contributed by atoms with Crippen LogP contribution < -0.4 is 10.0 Å². The SMILES string of the molecule is CCS(=O)(=O)Nc1ccc(NC(=O)C2CCCC(C(=O)O)C2)cc1. The van der Waals surface area contributed by atoms with E-state index in [0.29, 0.717) is 30.6 Å². The van der Waals surface area contributed by atoms with Gasteiger partial charge in [0.05, 0.1) is 11.7 Å². The molecule has 0 radical (unpaired) electrons. The van der Waals surface area contributed by atoms with Gasteiger partial charge in [0.25, 0.3) is 0 Å². The van der Waals surface area contributed by atoms with Crippen LogP contribution in [0.25, 0.3) is 0 Å². The van der Waals surface area contributed by atoms with E-state index in [1.807, 2.05) is 0 Å². The van der Waals surface area contributed by atoms with Crippen LogP contribution in [0.4, 0.5) is 11.4 Å². The molecule has 8 heteroatoms. The Labute approximate surface area is 141 Å². The van der Waals surface area contributed by atoms with E-state index in [2.05, 4.69) is 10.0 Å². The van der Waals surface area contributed by atoms with Crippen LogP contribution in [0.5, 0.6) is 0 Å². The molecule has 1 aliphatic rings. The normalized spacial score (nSPS) is 21.0. The molecule has 1 aliphatic carbocycles. The topological polar surface area (TPSA) is 113 Å². The summed E-state index contributed by atoms with van der Waals surface area (Å²) in [7, 11) is -3.33. The predicted molar refractivity (Wildman–Crippen MR) is 91.2 cm³/mol. The second-order valence-electron chi connectivity index (χ2n) is 5.97. The Morgan fingerprint density at radius 2 is 1.71 bits per heavy atom. The van der Waals surface area contributed by atoms with Crippen molar-refractivity contribution in [2.45, 2.75) is 32.6 Å². The summed E-state index contributed by atoms with van der Waals surface area (Å²) < 4.78 is 25.4. The lowest BCUT2D eigenvalue weighted by molar-refractivity contribution is -0.143. The van der Waals surface area contributed by atoms with E-state index in [0.717, 1.165) is 6.42 Å². The maximum absolute atomic E-state index is 12.3. The summed E-state index contributed by atoms with van der Waals surface area (Å²) in [5, 5.41) is 11.8. The van der Waals surface area contributed by atoms with Crippen molar-refractivity contribution in [1.82, 2.24) is 0 Å². The number of benzene rings is 1. The summed E-state index contributed by atoms with van der Waals surface area (Å²) in [6.07, 6.45) is 2.39. The number of rotatable bonds is 6. The molecule has 1 aromatic carbocycles. The van der Waals surface area contributed by atoms with Crippen LogP contribution in [0.15, 0.2) is 24.3 Å². The third-order valence-corrected chi connectivity index (χ3v) is 5.51. The van der Waals surface area contributed by atoms with Crippen molar-refractivity contribution in [3.8, 4) is 0 Å². The number of amides is 1. The van der Waals surface area contributed by atoms with Gasteiger partial charge >= 0.3 is 5.97 Å². The number of hydrogen-bond acceptors (Lipinski definition) is 4. The molecule has 1 aromatic rings. The molecule has 0 heterocycles. The van der Waals surface area contributed by atoms with E-state index in [1.165, 1.54) is 0 Å². The highest BCUT2D eigenvalue weighted by Gasteiger charge is 2.30. The number of anilines is 2. The minimum absolute atomic E-state index is 0.0160. The van der Waals surface area contributed by atoms with E-state index in [4.69, 9.17) is 5.11 Å². The van der Waals surface area contributed by atoms with Gasteiger partial charge in [-0.25, -0.2) is 8.42 Å². The zero-order valence-corrected chi connectivity index (χ0v) is 14.3. The quantitative estimate of drug-likeness (QED) is 0.725. The smallest absolute Gasteiger partial charge is 0.306 e. The van der Waals surface area contributed by atoms with E-state index < -0.39 is 21.9 Å². The predicted octanol–water partition coefficient (Wildman–Crippen LogP) is 2.28. The van der Waals surface area contributed by atoms with Crippen LogP contribution in [-0.2, 0) is 19.6 Å². The van der Waals surface area contributed by atoms with Crippen molar-refractivity contribution >= 4 is 33.3 Å². The molecule has 132 valence electrons. The fourth-order valence-corrected chi connectivity index (χ4v) is 3.41. The zero-order chi connectivity index (χ0) is 17.7. The number of carbonyl (C=O) groups is 2. The maximum Gasteiger partial charge on any atom is 0.306 e. The monoisotopic (exact) mass is 354 g/mol. The number of nitrogens with one attached hydrogen (secondary N) is 2. The van der Waals surface area contributed by atoms with E-state index >= 15 is 0 Å². The molecule has 1 saturated carbocycles. The molecule has 2 atom stereocenters. The standard InChI is InChI=1S/C16H22N2O5S/c1-2-24(22,23)18-14-8-6-13(7-9-14)17-15(19)11-4-3-5-12(10-11)16(20)21/h6-9,11-12,18H,2-5,10H2,1H3,(H,17,19)(H,20,21). The van der Waals surface area contributed by atoms with Crippen LogP contribution >= 0.6 is 0 Å². The van der Waals surface area contributed by atoms with Gasteiger partial charge in [-0.05, 0) is 50.5 Å². The van der Waals surface area contributed by atoms with Gasteiger partial charge in [0, 0.05) is 17.3 Å². The van der Waals surface area contributed by atoms with Gasteiger partial charge in [0.1, 0.15) is 0 Å². The molecule has 0 saturated heterocycles. The summed E-state index contributed by atoms with van der Waals surface area (Å²) in [5.74, 6) is -1.82. The van der Waals surface area contributed by atoms with Crippen LogP contribution in [-0.4, -0.2) is 31.2 Å². The zero-order valence-electron chi connectivity index (χ0n) is 13.5. The second-order valence-corrected chi connectivity index (χ2v) is 7.98.